The largest absolute Gasteiger partial charge is 0.378 e. The third-order valence-electron chi connectivity index (χ3n) is 8.21. The Morgan fingerprint density at radius 1 is 0.346 bits per heavy atom. The van der Waals surface area contributed by atoms with Gasteiger partial charge in [0.05, 0.1) is 92.5 Å². The molecule has 52 heavy (non-hydrogen) atoms. The van der Waals surface area contributed by atoms with E-state index in [4.69, 9.17) is 49.4 Å². The molecule has 5 rings (SSSR count). The zero-order valence-corrected chi connectivity index (χ0v) is 29.9. The Morgan fingerprint density at radius 2 is 0.654 bits per heavy atom. The van der Waals surface area contributed by atoms with Gasteiger partial charge in [0.2, 0.25) is 0 Å². The molecular weight excluding hydrogens is 660 g/mol. The number of fused-ring (bicyclic) bond motifs is 2. The summed E-state index contributed by atoms with van der Waals surface area (Å²) < 4.78 is 43.9. The summed E-state index contributed by atoms with van der Waals surface area (Å²) >= 11 is 0. The summed E-state index contributed by atoms with van der Waals surface area (Å²) in [7, 11) is 0. The van der Waals surface area contributed by atoms with Crippen molar-refractivity contribution in [2.75, 3.05) is 119 Å². The van der Waals surface area contributed by atoms with E-state index in [0.29, 0.717) is 119 Å². The van der Waals surface area contributed by atoms with Crippen molar-refractivity contribution in [3.8, 4) is 23.7 Å². The van der Waals surface area contributed by atoms with Crippen LogP contribution in [0.3, 0.4) is 0 Å². The molecule has 4 N–H and O–H groups in total. The van der Waals surface area contributed by atoms with Gasteiger partial charge < -0.3 is 49.4 Å². The van der Waals surface area contributed by atoms with Crippen molar-refractivity contribution in [1.82, 2.24) is 0 Å². The maximum Gasteiger partial charge on any atom is 0.108 e. The molecule has 0 bridgehead atoms. The molecule has 0 spiro atoms. The van der Waals surface area contributed by atoms with Gasteiger partial charge in [-0.15, -0.1) is 0 Å². The monoisotopic (exact) mass is 710 g/mol. The van der Waals surface area contributed by atoms with Crippen LogP contribution in [0.25, 0.3) is 43.1 Å². The molecule has 5 aromatic carbocycles. The summed E-state index contributed by atoms with van der Waals surface area (Å²) in [5.41, 5.74) is 12.7. The zero-order chi connectivity index (χ0) is 36.1. The average Bonchev–Trinajstić information content (AvgIpc) is 3.17. The van der Waals surface area contributed by atoms with Gasteiger partial charge in [0, 0.05) is 24.2 Å². The topological polar surface area (TPSA) is 126 Å². The van der Waals surface area contributed by atoms with Crippen LogP contribution in [0.5, 0.6) is 0 Å². The first-order chi connectivity index (χ1) is 25.8. The van der Waals surface area contributed by atoms with E-state index in [1.165, 1.54) is 32.3 Å². The van der Waals surface area contributed by atoms with Crippen molar-refractivity contribution in [2.45, 2.75) is 0 Å². The highest BCUT2D eigenvalue weighted by molar-refractivity contribution is 6.33. The van der Waals surface area contributed by atoms with Gasteiger partial charge in [0.1, 0.15) is 13.2 Å². The van der Waals surface area contributed by atoms with Crippen LogP contribution < -0.4 is 11.5 Å². The van der Waals surface area contributed by atoms with Crippen molar-refractivity contribution in [3.63, 3.8) is 0 Å². The lowest BCUT2D eigenvalue weighted by atomic mass is 9.87. The predicted molar refractivity (Wildman–Crippen MR) is 206 cm³/mol. The first-order valence-corrected chi connectivity index (χ1v) is 18.0. The molecule has 0 aliphatic carbocycles. The highest BCUT2D eigenvalue weighted by atomic mass is 16.6. The van der Waals surface area contributed by atoms with Crippen LogP contribution in [0.2, 0.25) is 0 Å². The molecule has 0 saturated carbocycles. The van der Waals surface area contributed by atoms with E-state index in [2.05, 4.69) is 84.3 Å². The molecule has 0 aliphatic heterocycles. The number of rotatable bonds is 24. The molecule has 276 valence electrons. The van der Waals surface area contributed by atoms with E-state index in [0.717, 1.165) is 21.9 Å². The van der Waals surface area contributed by atoms with Crippen molar-refractivity contribution in [3.05, 3.63) is 71.8 Å². The lowest BCUT2D eigenvalue weighted by Crippen LogP contribution is -2.14. The standard InChI is InChI=1S/C42H50N2O8/c43-15-19-47-23-27-51-31-29-49-25-21-45-17-3-5-33-11-13-39-40-14-12-34(6-4-18-46-22-26-50-30-32-52-28-24-48-20-16-44)36-8-2-10-38(42(36)40)37-9-1-7-35(33)41(37)39/h1-2,7-14H,15-32,43-44H2. The Morgan fingerprint density at radius 3 is 1.02 bits per heavy atom. The van der Waals surface area contributed by atoms with Gasteiger partial charge in [-0.05, 0) is 55.2 Å². The molecule has 0 unspecified atom stereocenters. The molecule has 0 amide bonds. The minimum Gasteiger partial charge on any atom is -0.378 e. The van der Waals surface area contributed by atoms with Crippen LogP contribution in [0.15, 0.2) is 60.7 Å². The van der Waals surface area contributed by atoms with Crippen molar-refractivity contribution in [1.29, 1.82) is 0 Å². The molecule has 0 radical (unpaired) electrons. The molecule has 0 aromatic heterocycles. The van der Waals surface area contributed by atoms with E-state index < -0.39 is 0 Å². The molecule has 10 heteroatoms. The number of hydrogen-bond acceptors (Lipinski definition) is 10. The molecular formula is C42H50N2O8. The highest BCUT2D eigenvalue weighted by Crippen LogP contribution is 2.41. The molecule has 0 atom stereocenters. The fourth-order valence-corrected chi connectivity index (χ4v) is 5.92. The van der Waals surface area contributed by atoms with Gasteiger partial charge in [-0.3, -0.25) is 0 Å². The fraction of sp³-hybridized carbons (Fsp3) is 0.429. The number of hydrogen-bond donors (Lipinski definition) is 2. The highest BCUT2D eigenvalue weighted by Gasteiger charge is 2.15. The van der Waals surface area contributed by atoms with Crippen molar-refractivity contribution < 1.29 is 37.9 Å². The van der Waals surface area contributed by atoms with Gasteiger partial charge in [-0.2, -0.15) is 0 Å². The van der Waals surface area contributed by atoms with Gasteiger partial charge in [0.25, 0.3) is 0 Å². The van der Waals surface area contributed by atoms with Gasteiger partial charge in [-0.25, -0.2) is 0 Å². The predicted octanol–water partition coefficient (Wildman–Crippen LogP) is 4.49. The number of benzene rings is 5. The maximum absolute atomic E-state index is 5.69. The zero-order valence-electron chi connectivity index (χ0n) is 29.9. The molecule has 0 fully saturated rings. The summed E-state index contributed by atoms with van der Waals surface area (Å²) in [5, 5.41) is 9.51. The van der Waals surface area contributed by atoms with Gasteiger partial charge in [-0.1, -0.05) is 72.2 Å². The number of ether oxygens (including phenoxy) is 8. The van der Waals surface area contributed by atoms with Crippen molar-refractivity contribution >= 4 is 43.1 Å². The Kier molecular flexibility index (Phi) is 17.3. The van der Waals surface area contributed by atoms with Crippen LogP contribution in [0.4, 0.5) is 0 Å². The second-order valence-corrected chi connectivity index (χ2v) is 11.7. The summed E-state index contributed by atoms with van der Waals surface area (Å²) in [6.45, 7) is 8.91. The minimum atomic E-state index is 0.328. The van der Waals surface area contributed by atoms with E-state index >= 15 is 0 Å². The molecule has 10 nitrogen and oxygen atoms in total. The smallest absolute Gasteiger partial charge is 0.108 e. The van der Waals surface area contributed by atoms with Crippen LogP contribution in [0.1, 0.15) is 11.1 Å². The average molecular weight is 711 g/mol. The quantitative estimate of drug-likeness (QED) is 0.0410. The van der Waals surface area contributed by atoms with E-state index in [1.54, 1.807) is 0 Å². The minimum absolute atomic E-state index is 0.328. The molecule has 0 saturated heterocycles. The SMILES string of the molecule is NCCOCCOCCOCCOCC#Cc1ccc2c3ccc(C#CCOCCOCCOCCOCCN)c4cccc(c5cccc1c52)c43. The van der Waals surface area contributed by atoms with E-state index in [1.807, 2.05) is 0 Å². The second-order valence-electron chi connectivity index (χ2n) is 11.7. The summed E-state index contributed by atoms with van der Waals surface area (Å²) in [5.74, 6) is 13.1. The summed E-state index contributed by atoms with van der Waals surface area (Å²) in [6.07, 6.45) is 0. The fourth-order valence-electron chi connectivity index (χ4n) is 5.92. The molecule has 0 heterocycles. The Labute approximate surface area is 306 Å². The van der Waals surface area contributed by atoms with Gasteiger partial charge >= 0.3 is 0 Å². The van der Waals surface area contributed by atoms with Crippen LogP contribution in [-0.2, 0) is 37.9 Å². The number of nitrogens with two attached hydrogens (primary N) is 2. The lowest BCUT2D eigenvalue weighted by molar-refractivity contribution is 0.00223. The Bertz CT molecular complexity index is 1770. The van der Waals surface area contributed by atoms with Crippen molar-refractivity contribution in [2.24, 2.45) is 11.5 Å². The lowest BCUT2D eigenvalue weighted by Gasteiger charge is -2.15. The third kappa shape index (κ3) is 11.6. The van der Waals surface area contributed by atoms with Gasteiger partial charge in [0.15, 0.2) is 0 Å². The summed E-state index contributed by atoms with van der Waals surface area (Å²) in [4.78, 5) is 0. The first-order valence-electron chi connectivity index (χ1n) is 18.0. The second kappa shape index (κ2) is 22.9. The van der Waals surface area contributed by atoms with E-state index in [-0.39, 0.29) is 0 Å². The third-order valence-corrected chi connectivity index (χ3v) is 8.21. The first kappa shape index (κ1) is 39.3. The molecule has 0 aliphatic rings. The van der Waals surface area contributed by atoms with Crippen LogP contribution in [0, 0.1) is 23.7 Å². The Balaban J connectivity index is 1.13. The molecule has 5 aromatic rings. The summed E-state index contributed by atoms with van der Waals surface area (Å²) in [6, 6.07) is 21.5. The Hall–Kier alpha value is -3.88. The van der Waals surface area contributed by atoms with Crippen LogP contribution >= 0.6 is 0 Å². The maximum atomic E-state index is 5.69. The van der Waals surface area contributed by atoms with Crippen LogP contribution in [-0.4, -0.2) is 119 Å². The van der Waals surface area contributed by atoms with E-state index in [9.17, 15) is 0 Å². The normalized spacial score (nSPS) is 11.4.